The van der Waals surface area contributed by atoms with Gasteiger partial charge in [0.1, 0.15) is 0 Å². The van der Waals surface area contributed by atoms with Gasteiger partial charge >= 0.3 is 6.18 Å². The maximum absolute atomic E-state index is 13.1. The van der Waals surface area contributed by atoms with Gasteiger partial charge in [0.25, 0.3) is 5.91 Å². The lowest BCUT2D eigenvalue weighted by atomic mass is 9.99. The van der Waals surface area contributed by atoms with Crippen LogP contribution in [0.2, 0.25) is 0 Å². The first-order chi connectivity index (χ1) is 10.4. The number of aliphatic hydroxyl groups excluding tert-OH is 1. The van der Waals surface area contributed by atoms with Crippen LogP contribution in [0.3, 0.4) is 0 Å². The van der Waals surface area contributed by atoms with E-state index in [1.165, 1.54) is 6.07 Å². The van der Waals surface area contributed by atoms with Gasteiger partial charge in [0.15, 0.2) is 0 Å². The van der Waals surface area contributed by atoms with E-state index in [0.29, 0.717) is 18.4 Å². The van der Waals surface area contributed by atoms with Gasteiger partial charge in [-0.25, -0.2) is 0 Å². The molecule has 2 atom stereocenters. The first kappa shape index (κ1) is 15.3. The fraction of sp³-hybridized carbons (Fsp3) is 0.533. The molecule has 0 bridgehead atoms. The molecule has 4 nitrogen and oxygen atoms in total. The first-order valence-corrected chi connectivity index (χ1v) is 7.17. The number of benzene rings is 1. The summed E-state index contributed by atoms with van der Waals surface area (Å²) in [6, 6.07) is 2.47. The average Bonchev–Trinajstić information content (AvgIpc) is 3.02. The third-order valence-corrected chi connectivity index (χ3v) is 4.17. The van der Waals surface area contributed by atoms with Crippen LogP contribution in [0, 0.1) is 0 Å². The van der Waals surface area contributed by atoms with Crippen LogP contribution in [0.4, 0.5) is 13.2 Å². The lowest BCUT2D eigenvalue weighted by molar-refractivity contribution is -0.138. The SMILES string of the molecule is O=C1NCc2c1cc(CO[C@@H]1CCC[C@@H]1O)cc2C(F)(F)F. The molecule has 1 saturated carbocycles. The molecule has 22 heavy (non-hydrogen) atoms. The first-order valence-electron chi connectivity index (χ1n) is 7.17. The van der Waals surface area contributed by atoms with Crippen LogP contribution in [0.5, 0.6) is 0 Å². The predicted octanol–water partition coefficient (Wildman–Crippen LogP) is 2.38. The number of nitrogens with one attached hydrogen (secondary N) is 1. The van der Waals surface area contributed by atoms with Crippen LogP contribution in [0.1, 0.15) is 46.3 Å². The molecule has 0 unspecified atom stereocenters. The van der Waals surface area contributed by atoms with Crippen molar-refractivity contribution in [2.75, 3.05) is 0 Å². The van der Waals surface area contributed by atoms with Crippen LogP contribution in [-0.4, -0.2) is 23.2 Å². The van der Waals surface area contributed by atoms with Gasteiger partial charge in [-0.2, -0.15) is 13.2 Å². The lowest BCUT2D eigenvalue weighted by Crippen LogP contribution is -2.22. The molecular weight excluding hydrogens is 299 g/mol. The molecule has 0 radical (unpaired) electrons. The molecule has 1 fully saturated rings. The molecule has 2 aliphatic rings. The van der Waals surface area contributed by atoms with E-state index < -0.39 is 23.8 Å². The smallest absolute Gasteiger partial charge is 0.390 e. The number of carbonyl (C=O) groups is 1. The molecule has 1 heterocycles. The number of hydrogen-bond donors (Lipinski definition) is 2. The van der Waals surface area contributed by atoms with E-state index in [9.17, 15) is 23.1 Å². The Bertz CT molecular complexity index is 600. The molecule has 1 aromatic carbocycles. The number of ether oxygens (including phenoxy) is 1. The highest BCUT2D eigenvalue weighted by molar-refractivity contribution is 5.99. The van der Waals surface area contributed by atoms with Crippen molar-refractivity contribution in [2.24, 2.45) is 0 Å². The van der Waals surface area contributed by atoms with E-state index in [0.717, 1.165) is 12.5 Å². The molecule has 1 aliphatic heterocycles. The molecule has 120 valence electrons. The number of amides is 1. The van der Waals surface area contributed by atoms with Crippen LogP contribution in [-0.2, 0) is 24.1 Å². The van der Waals surface area contributed by atoms with Crippen molar-refractivity contribution in [3.63, 3.8) is 0 Å². The second-order valence-corrected chi connectivity index (χ2v) is 5.70. The number of fused-ring (bicyclic) bond motifs is 1. The molecule has 2 N–H and O–H groups in total. The van der Waals surface area contributed by atoms with Gasteiger partial charge in [-0.1, -0.05) is 0 Å². The van der Waals surface area contributed by atoms with Crippen LogP contribution < -0.4 is 5.32 Å². The summed E-state index contributed by atoms with van der Waals surface area (Å²) in [5.41, 5.74) is -0.460. The van der Waals surface area contributed by atoms with Gasteiger partial charge in [-0.05, 0) is 42.5 Å². The second-order valence-electron chi connectivity index (χ2n) is 5.70. The van der Waals surface area contributed by atoms with Crippen molar-refractivity contribution in [2.45, 2.75) is 50.8 Å². The predicted molar refractivity (Wildman–Crippen MR) is 71.0 cm³/mol. The van der Waals surface area contributed by atoms with Crippen molar-refractivity contribution in [1.29, 1.82) is 0 Å². The Hall–Kier alpha value is -1.60. The second kappa shape index (κ2) is 5.55. The summed E-state index contributed by atoms with van der Waals surface area (Å²) in [4.78, 5) is 11.7. The standard InChI is InChI=1S/C15H16F3NO3/c16-15(17,18)11-5-8(4-9-10(11)6-19-14(9)21)7-22-13-3-1-2-12(13)20/h4-5,12-13,20H,1-3,6-7H2,(H,19,21)/t12-,13+/m0/s1. The van der Waals surface area contributed by atoms with E-state index in [2.05, 4.69) is 5.32 Å². The molecule has 0 spiro atoms. The fourth-order valence-electron chi connectivity index (χ4n) is 3.03. The van der Waals surface area contributed by atoms with Crippen molar-refractivity contribution in [3.05, 3.63) is 34.4 Å². The topological polar surface area (TPSA) is 58.6 Å². The number of halogens is 3. The molecule has 3 rings (SSSR count). The molecule has 1 aliphatic carbocycles. The summed E-state index contributed by atoms with van der Waals surface area (Å²) in [6.07, 6.45) is -3.26. The summed E-state index contributed by atoms with van der Waals surface area (Å²) in [5, 5.41) is 12.1. The van der Waals surface area contributed by atoms with Gasteiger partial charge in [0.2, 0.25) is 0 Å². The van der Waals surface area contributed by atoms with Gasteiger partial charge in [0.05, 0.1) is 24.4 Å². The Morgan fingerprint density at radius 3 is 2.73 bits per heavy atom. The zero-order valence-electron chi connectivity index (χ0n) is 11.7. The van der Waals surface area contributed by atoms with Crippen LogP contribution >= 0.6 is 0 Å². The van der Waals surface area contributed by atoms with Crippen LogP contribution in [0.25, 0.3) is 0 Å². The Labute approximate surface area is 125 Å². The third-order valence-electron chi connectivity index (χ3n) is 4.17. The van der Waals surface area contributed by atoms with Gasteiger partial charge in [-0.3, -0.25) is 4.79 Å². The Morgan fingerprint density at radius 2 is 2.09 bits per heavy atom. The minimum atomic E-state index is -4.51. The average molecular weight is 315 g/mol. The van der Waals surface area contributed by atoms with Crippen molar-refractivity contribution in [3.8, 4) is 0 Å². The molecule has 0 saturated heterocycles. The molecule has 0 aromatic heterocycles. The van der Waals surface area contributed by atoms with E-state index in [1.807, 2.05) is 0 Å². The number of alkyl halides is 3. The van der Waals surface area contributed by atoms with Crippen molar-refractivity contribution in [1.82, 2.24) is 5.32 Å². The highest BCUT2D eigenvalue weighted by atomic mass is 19.4. The minimum Gasteiger partial charge on any atom is -0.390 e. The summed E-state index contributed by atoms with van der Waals surface area (Å²) < 4.78 is 44.9. The maximum Gasteiger partial charge on any atom is 0.416 e. The monoisotopic (exact) mass is 315 g/mol. The molecule has 1 amide bonds. The summed E-state index contributed by atoms with van der Waals surface area (Å²) in [7, 11) is 0. The summed E-state index contributed by atoms with van der Waals surface area (Å²) in [6.45, 7) is -0.156. The Morgan fingerprint density at radius 1 is 1.32 bits per heavy atom. The van der Waals surface area contributed by atoms with Crippen molar-refractivity contribution < 1.29 is 27.8 Å². The highest BCUT2D eigenvalue weighted by Crippen LogP contribution is 2.36. The largest absolute Gasteiger partial charge is 0.416 e. The normalized spacial score (nSPS) is 24.5. The highest BCUT2D eigenvalue weighted by Gasteiger charge is 2.37. The van der Waals surface area contributed by atoms with E-state index in [-0.39, 0.29) is 30.4 Å². The van der Waals surface area contributed by atoms with Crippen LogP contribution in [0.15, 0.2) is 12.1 Å². The lowest BCUT2D eigenvalue weighted by Gasteiger charge is -2.17. The van der Waals surface area contributed by atoms with E-state index in [1.54, 1.807) is 0 Å². The quantitative estimate of drug-likeness (QED) is 0.900. The van der Waals surface area contributed by atoms with E-state index >= 15 is 0 Å². The van der Waals surface area contributed by atoms with E-state index in [4.69, 9.17) is 4.74 Å². The molecule has 1 aromatic rings. The zero-order valence-corrected chi connectivity index (χ0v) is 11.7. The van der Waals surface area contributed by atoms with Gasteiger partial charge in [0, 0.05) is 12.1 Å². The molecular formula is C15H16F3NO3. The Kier molecular flexibility index (Phi) is 3.86. The summed E-state index contributed by atoms with van der Waals surface area (Å²) in [5.74, 6) is -0.497. The number of aliphatic hydroxyl groups is 1. The van der Waals surface area contributed by atoms with Gasteiger partial charge in [-0.15, -0.1) is 0 Å². The zero-order chi connectivity index (χ0) is 15.9. The maximum atomic E-state index is 13.1. The number of rotatable bonds is 3. The summed E-state index contributed by atoms with van der Waals surface area (Å²) >= 11 is 0. The molecule has 7 heteroatoms. The minimum absolute atomic E-state index is 0.0119. The van der Waals surface area contributed by atoms with Gasteiger partial charge < -0.3 is 15.2 Å². The number of carbonyl (C=O) groups excluding carboxylic acids is 1. The van der Waals surface area contributed by atoms with Crippen molar-refractivity contribution >= 4 is 5.91 Å². The number of hydrogen-bond acceptors (Lipinski definition) is 3. The fourth-order valence-corrected chi connectivity index (χ4v) is 3.03. The Balaban J connectivity index is 1.86. The third kappa shape index (κ3) is 2.83.